The Morgan fingerprint density at radius 3 is 2.74 bits per heavy atom. The van der Waals surface area contributed by atoms with Gasteiger partial charge in [0.25, 0.3) is 5.91 Å². The maximum absolute atomic E-state index is 13.1. The molecule has 5 nitrogen and oxygen atoms in total. The Kier molecular flexibility index (Phi) is 4.70. The number of H-pyrrole nitrogens is 1. The minimum Gasteiger partial charge on any atom is -0.334 e. The summed E-state index contributed by atoms with van der Waals surface area (Å²) in [5.74, 6) is 0.426. The third kappa shape index (κ3) is 3.60. The van der Waals surface area contributed by atoms with Gasteiger partial charge in [-0.3, -0.25) is 4.79 Å². The first kappa shape index (κ1) is 17.7. The lowest BCUT2D eigenvalue weighted by molar-refractivity contribution is 0.0724. The summed E-state index contributed by atoms with van der Waals surface area (Å²) in [6.45, 7) is 3.74. The van der Waals surface area contributed by atoms with Gasteiger partial charge in [0.05, 0.1) is 17.1 Å². The number of nitrogens with zero attached hydrogens (tertiary/aromatic N) is 3. The highest BCUT2D eigenvalue weighted by Crippen LogP contribution is 2.33. The van der Waals surface area contributed by atoms with Crippen molar-refractivity contribution in [2.75, 3.05) is 20.6 Å². The summed E-state index contributed by atoms with van der Waals surface area (Å²) < 4.78 is 0. The van der Waals surface area contributed by atoms with Crippen LogP contribution in [0, 0.1) is 6.92 Å². The van der Waals surface area contributed by atoms with E-state index >= 15 is 0 Å². The van der Waals surface area contributed by atoms with Crippen molar-refractivity contribution < 1.29 is 4.79 Å². The van der Waals surface area contributed by atoms with Gasteiger partial charge < -0.3 is 14.8 Å². The number of likely N-dealkylation sites (tertiary alicyclic amines) is 1. The molecule has 1 N–H and O–H groups in total. The van der Waals surface area contributed by atoms with Crippen molar-refractivity contribution in [1.29, 1.82) is 0 Å². The lowest BCUT2D eigenvalue weighted by atomic mass is 10.0. The van der Waals surface area contributed by atoms with Gasteiger partial charge in [-0.25, -0.2) is 4.98 Å². The largest absolute Gasteiger partial charge is 0.334 e. The van der Waals surface area contributed by atoms with Crippen LogP contribution in [0.5, 0.6) is 0 Å². The molecule has 1 fully saturated rings. The fraction of sp³-hybridized carbons (Fsp3) is 0.364. The minimum atomic E-state index is -0.0104. The summed E-state index contributed by atoms with van der Waals surface area (Å²) in [5, 5.41) is 0. The highest BCUT2D eigenvalue weighted by atomic mass is 16.2. The van der Waals surface area contributed by atoms with Crippen LogP contribution in [0.3, 0.4) is 0 Å². The average molecular weight is 362 g/mol. The maximum atomic E-state index is 13.1. The number of hydrogen-bond acceptors (Lipinski definition) is 3. The number of carbonyl (C=O) groups excluding carboxylic acids is 1. The van der Waals surface area contributed by atoms with Gasteiger partial charge in [-0.2, -0.15) is 0 Å². The van der Waals surface area contributed by atoms with E-state index in [0.29, 0.717) is 5.82 Å². The second-order valence-corrected chi connectivity index (χ2v) is 7.74. The molecule has 3 aromatic rings. The van der Waals surface area contributed by atoms with Crippen LogP contribution in [0.2, 0.25) is 0 Å². The highest BCUT2D eigenvalue weighted by molar-refractivity contribution is 5.94. The van der Waals surface area contributed by atoms with Gasteiger partial charge in [-0.05, 0) is 62.7 Å². The number of carbonyl (C=O) groups is 1. The fourth-order valence-corrected chi connectivity index (χ4v) is 3.93. The summed E-state index contributed by atoms with van der Waals surface area (Å²) in [5.41, 5.74) is 5.40. The van der Waals surface area contributed by atoms with E-state index in [2.05, 4.69) is 53.2 Å². The number of hydrogen-bond donors (Lipinski definition) is 1. The summed E-state index contributed by atoms with van der Waals surface area (Å²) >= 11 is 0. The van der Waals surface area contributed by atoms with Gasteiger partial charge in [0.2, 0.25) is 0 Å². The molecular formula is C22H26N4O. The average Bonchev–Trinajstić information content (AvgIpc) is 3.27. The van der Waals surface area contributed by atoms with Crippen LogP contribution in [0.25, 0.3) is 11.0 Å². The van der Waals surface area contributed by atoms with E-state index in [1.54, 1.807) is 0 Å². The van der Waals surface area contributed by atoms with E-state index in [4.69, 9.17) is 0 Å². The van der Waals surface area contributed by atoms with Crippen molar-refractivity contribution in [3.63, 3.8) is 0 Å². The number of aromatic nitrogens is 2. The number of imidazole rings is 1. The van der Waals surface area contributed by atoms with E-state index in [0.717, 1.165) is 42.5 Å². The smallest absolute Gasteiger partial charge is 0.290 e. The van der Waals surface area contributed by atoms with E-state index < -0.39 is 0 Å². The van der Waals surface area contributed by atoms with Gasteiger partial charge >= 0.3 is 0 Å². The second kappa shape index (κ2) is 7.16. The van der Waals surface area contributed by atoms with Crippen molar-refractivity contribution in [1.82, 2.24) is 19.8 Å². The number of benzene rings is 2. The summed E-state index contributed by atoms with van der Waals surface area (Å²) in [7, 11) is 4.14. The van der Waals surface area contributed by atoms with Crippen LogP contribution in [0.1, 0.15) is 46.2 Å². The lowest BCUT2D eigenvalue weighted by Gasteiger charge is -2.24. The zero-order chi connectivity index (χ0) is 19.0. The molecule has 1 aliphatic heterocycles. The summed E-state index contributed by atoms with van der Waals surface area (Å²) in [4.78, 5) is 25.0. The molecule has 2 heterocycles. The number of aromatic amines is 1. The molecule has 5 heteroatoms. The predicted molar refractivity (Wildman–Crippen MR) is 108 cm³/mol. The maximum Gasteiger partial charge on any atom is 0.290 e. The summed E-state index contributed by atoms with van der Waals surface area (Å²) in [6, 6.07) is 14.8. The normalized spacial score (nSPS) is 17.2. The molecule has 0 unspecified atom stereocenters. The van der Waals surface area contributed by atoms with Gasteiger partial charge in [0.1, 0.15) is 0 Å². The van der Waals surface area contributed by atoms with Gasteiger partial charge in [0, 0.05) is 13.1 Å². The lowest BCUT2D eigenvalue weighted by Crippen LogP contribution is -2.31. The zero-order valence-electron chi connectivity index (χ0n) is 16.2. The van der Waals surface area contributed by atoms with Crippen LogP contribution in [-0.2, 0) is 6.54 Å². The van der Waals surface area contributed by atoms with Crippen LogP contribution in [0.4, 0.5) is 0 Å². The van der Waals surface area contributed by atoms with Crippen LogP contribution < -0.4 is 0 Å². The number of fused-ring (bicyclic) bond motifs is 1. The molecule has 0 radical (unpaired) electrons. The van der Waals surface area contributed by atoms with Crippen molar-refractivity contribution in [2.24, 2.45) is 0 Å². The van der Waals surface area contributed by atoms with Crippen molar-refractivity contribution >= 4 is 16.9 Å². The van der Waals surface area contributed by atoms with Crippen LogP contribution in [-0.4, -0.2) is 46.3 Å². The third-order valence-corrected chi connectivity index (χ3v) is 5.22. The van der Waals surface area contributed by atoms with Gasteiger partial charge in [-0.15, -0.1) is 0 Å². The van der Waals surface area contributed by atoms with E-state index in [1.807, 2.05) is 30.0 Å². The van der Waals surface area contributed by atoms with Crippen LogP contribution in [0.15, 0.2) is 42.5 Å². The van der Waals surface area contributed by atoms with Crippen molar-refractivity contribution in [2.45, 2.75) is 32.4 Å². The molecule has 27 heavy (non-hydrogen) atoms. The Bertz CT molecular complexity index is 958. The molecular weight excluding hydrogens is 336 g/mol. The predicted octanol–water partition coefficient (Wildman–Crippen LogP) is 3.91. The minimum absolute atomic E-state index is 0.0104. The second-order valence-electron chi connectivity index (χ2n) is 7.74. The highest BCUT2D eigenvalue weighted by Gasteiger charge is 2.32. The summed E-state index contributed by atoms with van der Waals surface area (Å²) in [6.07, 6.45) is 2.02. The quantitative estimate of drug-likeness (QED) is 0.766. The van der Waals surface area contributed by atoms with Gasteiger partial charge in [-0.1, -0.05) is 30.3 Å². The topological polar surface area (TPSA) is 52.2 Å². The van der Waals surface area contributed by atoms with E-state index in [9.17, 15) is 4.79 Å². The molecule has 1 amide bonds. The number of rotatable bonds is 4. The fourth-order valence-electron chi connectivity index (χ4n) is 3.93. The monoisotopic (exact) mass is 362 g/mol. The third-order valence-electron chi connectivity index (χ3n) is 5.22. The Balaban J connectivity index is 1.57. The van der Waals surface area contributed by atoms with Crippen molar-refractivity contribution in [3.05, 3.63) is 65.0 Å². The first-order valence-corrected chi connectivity index (χ1v) is 9.52. The molecule has 2 aromatic carbocycles. The Labute approximate surface area is 160 Å². The molecule has 0 aliphatic carbocycles. The molecule has 140 valence electrons. The molecule has 1 atom stereocenters. The number of aryl methyl sites for hydroxylation is 1. The standard InChI is InChI=1S/C22H26N4O/c1-15-6-11-18-19(13-15)24-21(23-18)22(27)26-12-4-5-20(26)17-9-7-16(8-10-17)14-25(2)3/h6-11,13,20H,4-5,12,14H2,1-3H3,(H,23,24)/t20-/m1/s1. The molecule has 1 aliphatic rings. The Morgan fingerprint density at radius 1 is 1.22 bits per heavy atom. The molecule has 0 saturated carbocycles. The molecule has 0 spiro atoms. The molecule has 1 aromatic heterocycles. The Morgan fingerprint density at radius 2 is 2.00 bits per heavy atom. The van der Waals surface area contributed by atoms with Crippen LogP contribution >= 0.6 is 0 Å². The van der Waals surface area contributed by atoms with E-state index in [1.165, 1.54) is 11.1 Å². The molecule has 4 rings (SSSR count). The Hall–Kier alpha value is -2.66. The number of amides is 1. The first-order chi connectivity index (χ1) is 13.0. The van der Waals surface area contributed by atoms with Crippen molar-refractivity contribution in [3.8, 4) is 0 Å². The SMILES string of the molecule is Cc1ccc2nc(C(=O)N3CCC[C@@H]3c3ccc(CN(C)C)cc3)[nH]c2c1. The first-order valence-electron chi connectivity index (χ1n) is 9.52. The molecule has 1 saturated heterocycles. The molecule has 0 bridgehead atoms. The van der Waals surface area contributed by atoms with E-state index in [-0.39, 0.29) is 11.9 Å². The number of nitrogens with one attached hydrogen (secondary N) is 1. The van der Waals surface area contributed by atoms with Gasteiger partial charge in [0.15, 0.2) is 5.82 Å². The zero-order valence-corrected chi connectivity index (χ0v) is 16.2.